The van der Waals surface area contributed by atoms with Gasteiger partial charge in [-0.1, -0.05) is 20.8 Å². The van der Waals surface area contributed by atoms with E-state index < -0.39 is 11.4 Å². The van der Waals surface area contributed by atoms with E-state index >= 15 is 0 Å². The van der Waals surface area contributed by atoms with Crippen LogP contribution >= 0.6 is 0 Å². The molecule has 0 unspecified atom stereocenters. The normalized spacial score (nSPS) is 10.9. The van der Waals surface area contributed by atoms with Crippen LogP contribution in [-0.4, -0.2) is 29.4 Å². The number of carboxylic acids is 1. The molecule has 0 saturated heterocycles. The van der Waals surface area contributed by atoms with E-state index in [1.807, 2.05) is 0 Å². The average Bonchev–Trinajstić information content (AvgIpc) is 2.36. The number of benzene rings is 1. The Hall–Kier alpha value is -2.37. The van der Waals surface area contributed by atoms with Gasteiger partial charge in [-0.2, -0.15) is 0 Å². The lowest BCUT2D eigenvalue weighted by molar-refractivity contribution is -0.128. The molecule has 0 aliphatic heterocycles. The summed E-state index contributed by atoms with van der Waals surface area (Å²) in [5.74, 6) is -1.35. The van der Waals surface area contributed by atoms with Crippen LogP contribution in [0.2, 0.25) is 0 Å². The zero-order valence-corrected chi connectivity index (χ0v) is 13.3. The van der Waals surface area contributed by atoms with Crippen molar-refractivity contribution >= 4 is 23.5 Å². The van der Waals surface area contributed by atoms with Gasteiger partial charge in [-0.25, -0.2) is 4.79 Å². The first-order valence-corrected chi connectivity index (χ1v) is 7.03. The molecule has 0 atom stereocenters. The third kappa shape index (κ3) is 5.20. The van der Waals surface area contributed by atoms with Gasteiger partial charge < -0.3 is 15.7 Å². The minimum Gasteiger partial charge on any atom is -0.478 e. The minimum absolute atomic E-state index is 0.109. The molecule has 1 aromatic carbocycles. The molecule has 1 rings (SSSR count). The molecule has 0 radical (unpaired) electrons. The van der Waals surface area contributed by atoms with Crippen LogP contribution in [-0.2, 0) is 9.59 Å². The van der Waals surface area contributed by atoms with E-state index in [1.165, 1.54) is 6.07 Å². The molecule has 0 spiro atoms. The Morgan fingerprint density at radius 2 is 1.82 bits per heavy atom. The number of nitrogens with one attached hydrogen (secondary N) is 2. The van der Waals surface area contributed by atoms with Gasteiger partial charge in [0.25, 0.3) is 0 Å². The third-order valence-electron chi connectivity index (χ3n) is 3.06. The quantitative estimate of drug-likeness (QED) is 0.777. The van der Waals surface area contributed by atoms with Gasteiger partial charge in [0.2, 0.25) is 11.8 Å². The van der Waals surface area contributed by atoms with Crippen LogP contribution in [0.3, 0.4) is 0 Å². The van der Waals surface area contributed by atoms with Gasteiger partial charge in [0.05, 0.1) is 5.56 Å². The third-order valence-corrected chi connectivity index (χ3v) is 3.06. The number of carbonyl (C=O) groups excluding carboxylic acids is 2. The van der Waals surface area contributed by atoms with Crippen molar-refractivity contribution in [3.05, 3.63) is 29.3 Å². The molecule has 0 aromatic heterocycles. The number of hydrogen-bond donors (Lipinski definition) is 3. The summed E-state index contributed by atoms with van der Waals surface area (Å²) < 4.78 is 0. The van der Waals surface area contributed by atoms with E-state index in [9.17, 15) is 14.4 Å². The van der Waals surface area contributed by atoms with Crippen molar-refractivity contribution in [3.63, 3.8) is 0 Å². The molecule has 0 bridgehead atoms. The highest BCUT2D eigenvalue weighted by Gasteiger charge is 2.20. The maximum atomic E-state index is 11.8. The number of anilines is 1. The molecule has 120 valence electrons. The number of amides is 2. The summed E-state index contributed by atoms with van der Waals surface area (Å²) in [5.41, 5.74) is 0.830. The van der Waals surface area contributed by atoms with Crippen molar-refractivity contribution < 1.29 is 19.5 Å². The summed E-state index contributed by atoms with van der Waals surface area (Å²) in [6.45, 7) is 7.33. The highest BCUT2D eigenvalue weighted by atomic mass is 16.4. The predicted octanol–water partition coefficient (Wildman–Crippen LogP) is 2.18. The first kappa shape index (κ1) is 17.7. The summed E-state index contributed by atoms with van der Waals surface area (Å²) in [6, 6.07) is 4.60. The lowest BCUT2D eigenvalue weighted by Gasteiger charge is -2.17. The summed E-state index contributed by atoms with van der Waals surface area (Å²) in [5, 5.41) is 14.3. The Bertz CT molecular complexity index is 588. The molecule has 2 amide bonds. The van der Waals surface area contributed by atoms with Crippen LogP contribution in [0, 0.1) is 12.3 Å². The van der Waals surface area contributed by atoms with Crippen LogP contribution in [0.15, 0.2) is 18.2 Å². The van der Waals surface area contributed by atoms with Crippen LogP contribution in [0.4, 0.5) is 5.69 Å². The van der Waals surface area contributed by atoms with Gasteiger partial charge in [0, 0.05) is 24.1 Å². The fourth-order valence-electron chi connectivity index (χ4n) is 1.76. The van der Waals surface area contributed by atoms with Crippen molar-refractivity contribution in [3.8, 4) is 0 Å². The summed E-state index contributed by atoms with van der Waals surface area (Å²) in [6.07, 6.45) is 0.154. The smallest absolute Gasteiger partial charge is 0.335 e. The molecule has 22 heavy (non-hydrogen) atoms. The predicted molar refractivity (Wildman–Crippen MR) is 83.8 cm³/mol. The molecule has 0 fully saturated rings. The molecule has 0 aliphatic rings. The van der Waals surface area contributed by atoms with Crippen molar-refractivity contribution in [2.45, 2.75) is 34.1 Å². The number of rotatable bonds is 5. The number of aromatic carboxylic acids is 1. The van der Waals surface area contributed by atoms with Crippen LogP contribution in [0.25, 0.3) is 0 Å². The summed E-state index contributed by atoms with van der Waals surface area (Å²) in [4.78, 5) is 34.4. The van der Waals surface area contributed by atoms with E-state index in [0.29, 0.717) is 11.3 Å². The molecule has 3 N–H and O–H groups in total. The van der Waals surface area contributed by atoms with Gasteiger partial charge >= 0.3 is 5.97 Å². The van der Waals surface area contributed by atoms with Crippen molar-refractivity contribution in [2.24, 2.45) is 5.41 Å². The Morgan fingerprint density at radius 1 is 1.18 bits per heavy atom. The molecule has 6 nitrogen and oxygen atoms in total. The fraction of sp³-hybridized carbons (Fsp3) is 0.438. The van der Waals surface area contributed by atoms with Gasteiger partial charge in [0.1, 0.15) is 0 Å². The monoisotopic (exact) mass is 306 g/mol. The molecule has 0 saturated carbocycles. The summed E-state index contributed by atoms with van der Waals surface area (Å²) >= 11 is 0. The topological polar surface area (TPSA) is 95.5 Å². The molecular formula is C16H22N2O4. The number of aryl methyl sites for hydroxylation is 1. The number of hydrogen-bond acceptors (Lipinski definition) is 3. The van der Waals surface area contributed by atoms with Gasteiger partial charge in [0.15, 0.2) is 0 Å². The minimum atomic E-state index is -1.000. The summed E-state index contributed by atoms with van der Waals surface area (Å²) in [7, 11) is 0. The van der Waals surface area contributed by atoms with Crippen LogP contribution in [0.1, 0.15) is 43.1 Å². The lowest BCUT2D eigenvalue weighted by Crippen LogP contribution is -2.36. The van der Waals surface area contributed by atoms with Gasteiger partial charge in [-0.15, -0.1) is 0 Å². The Kier molecular flexibility index (Phi) is 5.68. The Morgan fingerprint density at radius 3 is 2.32 bits per heavy atom. The second-order valence-electron chi connectivity index (χ2n) is 6.14. The maximum absolute atomic E-state index is 11.8. The highest BCUT2D eigenvalue weighted by molar-refractivity contribution is 5.93. The van der Waals surface area contributed by atoms with E-state index in [4.69, 9.17) is 5.11 Å². The Balaban J connectivity index is 2.51. The van der Waals surface area contributed by atoms with Crippen molar-refractivity contribution in [2.75, 3.05) is 11.9 Å². The molecule has 0 aliphatic carbocycles. The fourth-order valence-corrected chi connectivity index (χ4v) is 1.76. The van der Waals surface area contributed by atoms with E-state index in [-0.39, 0.29) is 30.3 Å². The SMILES string of the molecule is Cc1cc(NC(=O)CCNC(=O)C(C)(C)C)ccc1C(=O)O. The molecular weight excluding hydrogens is 284 g/mol. The number of carbonyl (C=O) groups is 3. The number of carboxylic acid groups (broad SMARTS) is 1. The van der Waals surface area contributed by atoms with Crippen molar-refractivity contribution in [1.29, 1.82) is 0 Å². The zero-order valence-electron chi connectivity index (χ0n) is 13.3. The second-order valence-corrected chi connectivity index (χ2v) is 6.14. The largest absolute Gasteiger partial charge is 0.478 e. The standard InChI is InChI=1S/C16H22N2O4/c1-10-9-11(5-6-12(10)14(20)21)18-13(19)7-8-17-15(22)16(2,3)4/h5-6,9H,7-8H2,1-4H3,(H,17,22)(H,18,19)(H,20,21). The van der Waals surface area contributed by atoms with Crippen LogP contribution < -0.4 is 10.6 Å². The average molecular weight is 306 g/mol. The van der Waals surface area contributed by atoms with Gasteiger partial charge in [-0.3, -0.25) is 9.59 Å². The first-order chi connectivity index (χ1) is 10.1. The zero-order chi connectivity index (χ0) is 16.9. The second kappa shape index (κ2) is 7.06. The lowest BCUT2D eigenvalue weighted by atomic mass is 9.96. The first-order valence-electron chi connectivity index (χ1n) is 7.03. The molecule has 6 heteroatoms. The van der Waals surface area contributed by atoms with E-state index in [0.717, 1.165) is 0 Å². The maximum Gasteiger partial charge on any atom is 0.335 e. The highest BCUT2D eigenvalue weighted by Crippen LogP contribution is 2.15. The molecule has 0 heterocycles. The van der Waals surface area contributed by atoms with E-state index in [2.05, 4.69) is 10.6 Å². The van der Waals surface area contributed by atoms with E-state index in [1.54, 1.807) is 39.8 Å². The van der Waals surface area contributed by atoms with Crippen molar-refractivity contribution in [1.82, 2.24) is 5.32 Å². The Labute approximate surface area is 129 Å². The molecule has 1 aromatic rings. The van der Waals surface area contributed by atoms with Crippen LogP contribution in [0.5, 0.6) is 0 Å². The van der Waals surface area contributed by atoms with Gasteiger partial charge in [-0.05, 0) is 30.7 Å².